The van der Waals surface area contributed by atoms with E-state index in [2.05, 4.69) is 10.4 Å². The van der Waals surface area contributed by atoms with Crippen LogP contribution >= 0.6 is 0 Å². The molecule has 1 atom stereocenters. The minimum atomic E-state index is -0.953. The van der Waals surface area contributed by atoms with Gasteiger partial charge >= 0.3 is 5.97 Å². The second-order valence-corrected chi connectivity index (χ2v) is 5.45. The lowest BCUT2D eigenvalue weighted by atomic mass is 10.0. The monoisotopic (exact) mass is 347 g/mol. The van der Waals surface area contributed by atoms with Crippen LogP contribution in [0.25, 0.3) is 11.1 Å². The second-order valence-electron chi connectivity index (χ2n) is 5.45. The molecule has 2 aromatic rings. The Morgan fingerprint density at radius 1 is 1.32 bits per heavy atom. The Hall–Kier alpha value is -2.71. The summed E-state index contributed by atoms with van der Waals surface area (Å²) in [4.78, 5) is 23.6. The zero-order chi connectivity index (χ0) is 18.4. The Balaban J connectivity index is 2.27. The van der Waals surface area contributed by atoms with E-state index in [0.29, 0.717) is 23.3 Å². The summed E-state index contributed by atoms with van der Waals surface area (Å²) in [6.07, 6.45) is 1.78. The molecule has 2 rings (SSSR count). The molecule has 0 fully saturated rings. The van der Waals surface area contributed by atoms with Gasteiger partial charge in [0.2, 0.25) is 0 Å². The summed E-state index contributed by atoms with van der Waals surface area (Å²) < 4.78 is 11.3. The van der Waals surface area contributed by atoms with Gasteiger partial charge in [0.05, 0.1) is 25.6 Å². The van der Waals surface area contributed by atoms with E-state index in [1.54, 1.807) is 31.3 Å². The van der Waals surface area contributed by atoms with Crippen molar-refractivity contribution in [3.05, 3.63) is 46.4 Å². The average Bonchev–Trinajstić information content (AvgIpc) is 2.61. The number of aliphatic carboxylic acids is 1. The van der Waals surface area contributed by atoms with E-state index in [4.69, 9.17) is 9.47 Å². The lowest BCUT2D eigenvalue weighted by Crippen LogP contribution is -2.39. The highest BCUT2D eigenvalue weighted by Crippen LogP contribution is 2.25. The maximum absolute atomic E-state index is 12.3. The minimum absolute atomic E-state index is 0.152. The summed E-state index contributed by atoms with van der Waals surface area (Å²) in [5.74, 6) is -0.563. The number of carbonyl (C=O) groups is 1. The van der Waals surface area contributed by atoms with Gasteiger partial charge in [0, 0.05) is 14.2 Å². The van der Waals surface area contributed by atoms with E-state index < -0.39 is 12.0 Å². The summed E-state index contributed by atoms with van der Waals surface area (Å²) in [5.41, 5.74) is 1.65. The number of carboxylic acids is 1. The molecule has 8 heteroatoms. The third-order valence-electron chi connectivity index (χ3n) is 3.78. The van der Waals surface area contributed by atoms with Gasteiger partial charge in [-0.3, -0.25) is 14.9 Å². The van der Waals surface area contributed by atoms with Crippen molar-refractivity contribution < 1.29 is 19.4 Å². The third-order valence-corrected chi connectivity index (χ3v) is 3.78. The maximum atomic E-state index is 12.3. The highest BCUT2D eigenvalue weighted by Gasteiger charge is 2.18. The number of hydrogen-bond donors (Lipinski definition) is 2. The normalized spacial score (nSPS) is 12.0. The summed E-state index contributed by atoms with van der Waals surface area (Å²) >= 11 is 0. The fourth-order valence-electron chi connectivity index (χ4n) is 2.42. The summed E-state index contributed by atoms with van der Waals surface area (Å²) in [6, 6.07) is 6.36. The number of ether oxygens (including phenoxy) is 2. The van der Waals surface area contributed by atoms with Crippen molar-refractivity contribution in [2.45, 2.75) is 12.5 Å². The molecule has 1 aromatic heterocycles. The van der Waals surface area contributed by atoms with Crippen LogP contribution in [-0.4, -0.2) is 47.8 Å². The highest BCUT2D eigenvalue weighted by atomic mass is 16.5. The van der Waals surface area contributed by atoms with Crippen LogP contribution in [0.5, 0.6) is 5.75 Å². The number of methoxy groups -OCH3 is 2. The third kappa shape index (κ3) is 4.43. The van der Waals surface area contributed by atoms with Gasteiger partial charge in [-0.2, -0.15) is 5.10 Å². The molecule has 25 heavy (non-hydrogen) atoms. The van der Waals surface area contributed by atoms with Gasteiger partial charge in [-0.1, -0.05) is 24.3 Å². The van der Waals surface area contributed by atoms with E-state index in [-0.39, 0.29) is 12.3 Å². The molecule has 0 amide bonds. The van der Waals surface area contributed by atoms with Crippen LogP contribution in [0.1, 0.15) is 5.56 Å². The van der Waals surface area contributed by atoms with Gasteiger partial charge < -0.3 is 14.6 Å². The molecule has 0 aliphatic heterocycles. The molecule has 134 valence electrons. The Kier molecular flexibility index (Phi) is 6.26. The van der Waals surface area contributed by atoms with Crippen molar-refractivity contribution in [1.82, 2.24) is 15.1 Å². The number of hydrogen-bond acceptors (Lipinski definition) is 6. The second kappa shape index (κ2) is 8.41. The lowest BCUT2D eigenvalue weighted by Gasteiger charge is -2.14. The van der Waals surface area contributed by atoms with Crippen LogP contribution in [0.3, 0.4) is 0 Å². The van der Waals surface area contributed by atoms with Gasteiger partial charge in [-0.15, -0.1) is 0 Å². The van der Waals surface area contributed by atoms with Crippen molar-refractivity contribution in [2.24, 2.45) is 7.05 Å². The van der Waals surface area contributed by atoms with Crippen molar-refractivity contribution in [3.8, 4) is 16.9 Å². The van der Waals surface area contributed by atoms with Gasteiger partial charge in [-0.25, -0.2) is 4.68 Å². The van der Waals surface area contributed by atoms with Crippen molar-refractivity contribution >= 4 is 5.97 Å². The smallest absolute Gasteiger partial charge is 0.321 e. The fourth-order valence-corrected chi connectivity index (χ4v) is 2.42. The lowest BCUT2D eigenvalue weighted by molar-refractivity contribution is -0.139. The number of nitrogens with one attached hydrogen (secondary N) is 1. The van der Waals surface area contributed by atoms with E-state index in [0.717, 1.165) is 5.56 Å². The predicted octanol–water partition coefficient (Wildman–Crippen LogP) is 0.645. The molecule has 0 bridgehead atoms. The van der Waals surface area contributed by atoms with Crippen LogP contribution in [0, 0.1) is 0 Å². The van der Waals surface area contributed by atoms with E-state index in [9.17, 15) is 14.7 Å². The summed E-state index contributed by atoms with van der Waals surface area (Å²) in [5, 5.41) is 16.0. The number of carboxylic acid groups (broad SMARTS) is 1. The fraction of sp³-hybridized carbons (Fsp3) is 0.353. The van der Waals surface area contributed by atoms with Crippen LogP contribution in [-0.2, 0) is 23.0 Å². The highest BCUT2D eigenvalue weighted by molar-refractivity contribution is 5.74. The van der Waals surface area contributed by atoms with Gasteiger partial charge in [0.15, 0.2) is 5.75 Å². The zero-order valence-electron chi connectivity index (χ0n) is 14.4. The number of aryl methyl sites for hydroxylation is 1. The molecule has 1 aromatic carbocycles. The first kappa shape index (κ1) is 18.6. The number of benzene rings is 1. The van der Waals surface area contributed by atoms with Crippen LogP contribution in [0.2, 0.25) is 0 Å². The molecule has 0 aliphatic rings. The average molecular weight is 347 g/mol. The molecular weight excluding hydrogens is 326 g/mol. The standard InChI is InChI=1S/C17H21N3O5/c1-20-16(21)15(14(25-3)9-19-20)12-6-4-11(5-7-12)8-13(17(22)23)18-10-24-2/h4-7,9,13,18H,8,10H2,1-3H3,(H,22,23)/t13-/m0/s1. The summed E-state index contributed by atoms with van der Waals surface area (Å²) in [6.45, 7) is 0.152. The van der Waals surface area contributed by atoms with Crippen LogP contribution < -0.4 is 15.6 Å². The summed E-state index contributed by atoms with van der Waals surface area (Å²) in [7, 11) is 4.54. The topological polar surface area (TPSA) is 103 Å². The van der Waals surface area contributed by atoms with E-state index >= 15 is 0 Å². The molecule has 0 saturated heterocycles. The number of aromatic nitrogens is 2. The molecule has 0 aliphatic carbocycles. The van der Waals surface area contributed by atoms with E-state index in [1.807, 2.05) is 0 Å². The predicted molar refractivity (Wildman–Crippen MR) is 91.6 cm³/mol. The van der Waals surface area contributed by atoms with Gasteiger partial charge in [0.25, 0.3) is 5.56 Å². The van der Waals surface area contributed by atoms with Crippen molar-refractivity contribution in [1.29, 1.82) is 0 Å². The first-order valence-electron chi connectivity index (χ1n) is 7.62. The maximum Gasteiger partial charge on any atom is 0.321 e. The molecular formula is C17H21N3O5. The number of nitrogens with zero attached hydrogens (tertiary/aromatic N) is 2. The van der Waals surface area contributed by atoms with Crippen LogP contribution in [0.4, 0.5) is 0 Å². The number of rotatable bonds is 8. The molecule has 0 spiro atoms. The molecule has 0 saturated carbocycles. The van der Waals surface area contributed by atoms with Gasteiger partial charge in [-0.05, 0) is 17.5 Å². The Morgan fingerprint density at radius 3 is 2.56 bits per heavy atom. The molecule has 8 nitrogen and oxygen atoms in total. The Morgan fingerprint density at radius 2 is 2.00 bits per heavy atom. The van der Waals surface area contributed by atoms with Crippen molar-refractivity contribution in [3.63, 3.8) is 0 Å². The minimum Gasteiger partial charge on any atom is -0.494 e. The van der Waals surface area contributed by atoms with Crippen molar-refractivity contribution in [2.75, 3.05) is 21.0 Å². The molecule has 0 unspecified atom stereocenters. The Bertz CT molecular complexity index is 786. The SMILES string of the molecule is COCN[C@@H](Cc1ccc(-c2c(OC)cnn(C)c2=O)cc1)C(=O)O. The van der Waals surface area contributed by atoms with Crippen LogP contribution in [0.15, 0.2) is 35.3 Å². The van der Waals surface area contributed by atoms with Gasteiger partial charge in [0.1, 0.15) is 6.04 Å². The quantitative estimate of drug-likeness (QED) is 0.676. The Labute approximate surface area is 145 Å². The largest absolute Gasteiger partial charge is 0.494 e. The molecule has 1 heterocycles. The molecule has 2 N–H and O–H groups in total. The molecule has 0 radical (unpaired) electrons. The zero-order valence-corrected chi connectivity index (χ0v) is 14.4. The van der Waals surface area contributed by atoms with E-state index in [1.165, 1.54) is 25.1 Å². The first-order valence-corrected chi connectivity index (χ1v) is 7.62. The first-order chi connectivity index (χ1) is 12.0.